The van der Waals surface area contributed by atoms with Crippen molar-refractivity contribution in [3.05, 3.63) is 98.6 Å². The first-order chi connectivity index (χ1) is 15.4. The first-order valence-electron chi connectivity index (χ1n) is 9.11. The van der Waals surface area contributed by atoms with Crippen LogP contribution in [-0.2, 0) is 0 Å². The molecular formula is C22H16ClN3O6. The van der Waals surface area contributed by atoms with E-state index in [-0.39, 0.29) is 27.6 Å². The van der Waals surface area contributed by atoms with Crippen LogP contribution >= 0.6 is 11.6 Å². The normalized spacial score (nSPS) is 10.6. The van der Waals surface area contributed by atoms with Crippen molar-refractivity contribution >= 4 is 35.4 Å². The molecule has 3 rings (SSSR count). The van der Waals surface area contributed by atoms with E-state index in [9.17, 15) is 19.7 Å². The van der Waals surface area contributed by atoms with E-state index in [2.05, 4.69) is 10.5 Å². The topological polar surface area (TPSA) is 120 Å². The van der Waals surface area contributed by atoms with Gasteiger partial charge in [-0.2, -0.15) is 5.10 Å². The number of benzene rings is 3. The number of nitrogens with one attached hydrogen (secondary N) is 1. The number of amides is 1. The van der Waals surface area contributed by atoms with Crippen molar-refractivity contribution in [2.45, 2.75) is 0 Å². The summed E-state index contributed by atoms with van der Waals surface area (Å²) in [4.78, 5) is 35.2. The Hall–Kier alpha value is -4.24. The lowest BCUT2D eigenvalue weighted by molar-refractivity contribution is -0.384. The summed E-state index contributed by atoms with van der Waals surface area (Å²) in [5.74, 6) is -0.667. The first-order valence-corrected chi connectivity index (χ1v) is 9.49. The maximum atomic E-state index is 12.5. The molecule has 162 valence electrons. The minimum atomic E-state index is -0.749. The molecule has 1 N–H and O–H groups in total. The van der Waals surface area contributed by atoms with Gasteiger partial charge in [-0.3, -0.25) is 14.9 Å². The molecule has 0 aliphatic carbocycles. The molecule has 0 aliphatic heterocycles. The number of hydrogen-bond acceptors (Lipinski definition) is 7. The second-order valence-electron chi connectivity index (χ2n) is 6.28. The van der Waals surface area contributed by atoms with E-state index < -0.39 is 16.8 Å². The highest BCUT2D eigenvalue weighted by molar-refractivity contribution is 6.33. The number of carbonyl (C=O) groups excluding carboxylic acids is 2. The standard InChI is InChI=1S/C22H16ClN3O6/c1-31-17-9-6-14(7-10-17)21(27)25-24-13-15-12-16(26(29)30)8-11-20(15)32-22(28)18-4-2-3-5-19(18)23/h2-13H,1H3,(H,25,27)/b24-13+. The fraction of sp³-hybridized carbons (Fsp3) is 0.0455. The molecule has 0 radical (unpaired) electrons. The Labute approximate surface area is 187 Å². The number of hydrogen-bond donors (Lipinski definition) is 1. The van der Waals surface area contributed by atoms with Crippen molar-refractivity contribution < 1.29 is 24.0 Å². The number of methoxy groups -OCH3 is 1. The van der Waals surface area contributed by atoms with E-state index in [1.807, 2.05) is 0 Å². The molecule has 1 amide bonds. The molecule has 9 nitrogen and oxygen atoms in total. The largest absolute Gasteiger partial charge is 0.497 e. The minimum Gasteiger partial charge on any atom is -0.497 e. The number of halogens is 1. The molecule has 3 aromatic rings. The molecule has 0 fully saturated rings. The summed E-state index contributed by atoms with van der Waals surface area (Å²) >= 11 is 6.02. The van der Waals surface area contributed by atoms with Gasteiger partial charge < -0.3 is 9.47 Å². The first kappa shape index (κ1) is 22.4. The lowest BCUT2D eigenvalue weighted by atomic mass is 10.2. The zero-order valence-corrected chi connectivity index (χ0v) is 17.4. The van der Waals surface area contributed by atoms with Gasteiger partial charge in [-0.25, -0.2) is 10.2 Å². The van der Waals surface area contributed by atoms with Crippen molar-refractivity contribution in [1.29, 1.82) is 0 Å². The predicted molar refractivity (Wildman–Crippen MR) is 118 cm³/mol. The average molecular weight is 454 g/mol. The molecular weight excluding hydrogens is 438 g/mol. The fourth-order valence-electron chi connectivity index (χ4n) is 2.59. The molecule has 0 unspecified atom stereocenters. The maximum Gasteiger partial charge on any atom is 0.345 e. The van der Waals surface area contributed by atoms with Crippen LogP contribution in [-0.4, -0.2) is 30.1 Å². The summed E-state index contributed by atoms with van der Waals surface area (Å²) in [6.07, 6.45) is 1.14. The molecule has 0 spiro atoms. The Balaban J connectivity index is 1.81. The maximum absolute atomic E-state index is 12.5. The van der Waals surface area contributed by atoms with E-state index >= 15 is 0 Å². The van der Waals surface area contributed by atoms with Crippen molar-refractivity contribution in [1.82, 2.24) is 5.43 Å². The third-order valence-corrected chi connectivity index (χ3v) is 4.55. The Kier molecular flexibility index (Phi) is 7.14. The number of rotatable bonds is 7. The number of esters is 1. The Morgan fingerprint density at radius 2 is 1.81 bits per heavy atom. The van der Waals surface area contributed by atoms with Gasteiger partial charge in [0.25, 0.3) is 11.6 Å². The molecule has 3 aromatic carbocycles. The highest BCUT2D eigenvalue weighted by Crippen LogP contribution is 2.25. The molecule has 32 heavy (non-hydrogen) atoms. The van der Waals surface area contributed by atoms with Gasteiger partial charge in [-0.1, -0.05) is 23.7 Å². The average Bonchev–Trinajstić information content (AvgIpc) is 2.80. The number of nitro groups is 1. The summed E-state index contributed by atoms with van der Waals surface area (Å²) in [5, 5.41) is 15.1. The molecule has 0 aromatic heterocycles. The van der Waals surface area contributed by atoms with Gasteiger partial charge in [0.2, 0.25) is 0 Å². The zero-order valence-electron chi connectivity index (χ0n) is 16.7. The third kappa shape index (κ3) is 5.46. The van der Waals surface area contributed by atoms with Crippen molar-refractivity contribution in [2.24, 2.45) is 5.10 Å². The highest BCUT2D eigenvalue weighted by Gasteiger charge is 2.17. The van der Waals surface area contributed by atoms with Crippen LogP contribution in [0.15, 0.2) is 71.8 Å². The van der Waals surface area contributed by atoms with Gasteiger partial charge in [-0.15, -0.1) is 0 Å². The van der Waals surface area contributed by atoms with E-state index in [1.165, 1.54) is 31.4 Å². The van der Waals surface area contributed by atoms with Crippen LogP contribution in [0.5, 0.6) is 11.5 Å². The summed E-state index contributed by atoms with van der Waals surface area (Å²) in [6.45, 7) is 0. The second kappa shape index (κ2) is 10.2. The van der Waals surface area contributed by atoms with E-state index in [1.54, 1.807) is 36.4 Å². The molecule has 0 heterocycles. The van der Waals surface area contributed by atoms with Crippen LogP contribution in [0.1, 0.15) is 26.3 Å². The second-order valence-corrected chi connectivity index (χ2v) is 6.68. The smallest absolute Gasteiger partial charge is 0.345 e. The molecule has 0 bridgehead atoms. The number of hydrazone groups is 1. The summed E-state index contributed by atoms with van der Waals surface area (Å²) in [5.41, 5.74) is 2.63. The third-order valence-electron chi connectivity index (χ3n) is 4.22. The van der Waals surface area contributed by atoms with Crippen molar-refractivity contribution in [2.75, 3.05) is 7.11 Å². The lowest BCUT2D eigenvalue weighted by Crippen LogP contribution is -2.17. The van der Waals surface area contributed by atoms with Crippen molar-refractivity contribution in [3.8, 4) is 11.5 Å². The minimum absolute atomic E-state index is 0.00275. The van der Waals surface area contributed by atoms with Crippen molar-refractivity contribution in [3.63, 3.8) is 0 Å². The van der Waals surface area contributed by atoms with Crippen LogP contribution in [0.2, 0.25) is 5.02 Å². The molecule has 0 aliphatic rings. The summed E-state index contributed by atoms with van der Waals surface area (Å²) in [7, 11) is 1.51. The lowest BCUT2D eigenvalue weighted by Gasteiger charge is -2.08. The Morgan fingerprint density at radius 1 is 1.09 bits per heavy atom. The fourth-order valence-corrected chi connectivity index (χ4v) is 2.81. The van der Waals surface area contributed by atoms with Gasteiger partial charge in [0.05, 0.1) is 28.8 Å². The molecule has 0 atom stereocenters. The summed E-state index contributed by atoms with van der Waals surface area (Å²) < 4.78 is 10.4. The Bertz CT molecular complexity index is 1190. The van der Waals surface area contributed by atoms with Crippen LogP contribution in [0.25, 0.3) is 0 Å². The summed E-state index contributed by atoms with van der Waals surface area (Å²) in [6, 6.07) is 16.2. The molecule has 0 saturated heterocycles. The van der Waals surface area contributed by atoms with Gasteiger partial charge in [0.1, 0.15) is 11.5 Å². The number of non-ortho nitro benzene ring substituents is 1. The van der Waals surface area contributed by atoms with E-state index in [0.717, 1.165) is 12.3 Å². The Morgan fingerprint density at radius 3 is 2.47 bits per heavy atom. The van der Waals surface area contributed by atoms with E-state index in [4.69, 9.17) is 21.1 Å². The number of carbonyl (C=O) groups is 2. The molecule has 0 saturated carbocycles. The molecule has 10 heteroatoms. The number of ether oxygens (including phenoxy) is 2. The monoisotopic (exact) mass is 453 g/mol. The van der Waals surface area contributed by atoms with Crippen LogP contribution < -0.4 is 14.9 Å². The number of nitro benzene ring substituents is 1. The number of nitrogens with zero attached hydrogens (tertiary/aromatic N) is 2. The van der Waals surface area contributed by atoms with Crippen LogP contribution in [0.4, 0.5) is 5.69 Å². The SMILES string of the molecule is COc1ccc(C(=O)N/N=C/c2cc([N+](=O)[O-])ccc2OC(=O)c2ccccc2Cl)cc1. The predicted octanol–water partition coefficient (Wildman–Crippen LogP) is 4.24. The quantitative estimate of drug-likeness (QED) is 0.188. The van der Waals surface area contributed by atoms with Gasteiger partial charge in [-0.05, 0) is 42.5 Å². The van der Waals surface area contributed by atoms with Gasteiger partial charge >= 0.3 is 5.97 Å². The van der Waals surface area contributed by atoms with Crippen LogP contribution in [0, 0.1) is 10.1 Å². The van der Waals surface area contributed by atoms with Crippen LogP contribution in [0.3, 0.4) is 0 Å². The van der Waals surface area contributed by atoms with E-state index in [0.29, 0.717) is 11.3 Å². The van der Waals surface area contributed by atoms with Gasteiger partial charge in [0, 0.05) is 23.3 Å². The zero-order chi connectivity index (χ0) is 23.1. The highest BCUT2D eigenvalue weighted by atomic mass is 35.5. The van der Waals surface area contributed by atoms with Gasteiger partial charge in [0.15, 0.2) is 0 Å².